The van der Waals surface area contributed by atoms with Crippen molar-refractivity contribution < 1.29 is 17.9 Å². The molecule has 1 atom stereocenters. The number of alkyl halides is 3. The molecule has 18 heavy (non-hydrogen) atoms. The molecule has 1 aromatic heterocycles. The molecule has 0 amide bonds. The Bertz CT molecular complexity index is 480. The zero-order chi connectivity index (χ0) is 13.2. The van der Waals surface area contributed by atoms with Gasteiger partial charge in [0.25, 0.3) is 0 Å². The van der Waals surface area contributed by atoms with Crippen LogP contribution in [0, 0.1) is 0 Å². The molecule has 0 bridgehead atoms. The Kier molecular flexibility index (Phi) is 3.38. The van der Waals surface area contributed by atoms with Crippen LogP contribution in [0.15, 0.2) is 42.2 Å². The Morgan fingerprint density at radius 3 is 2.67 bits per heavy atom. The van der Waals surface area contributed by atoms with Crippen molar-refractivity contribution in [3.8, 4) is 0 Å². The highest BCUT2D eigenvalue weighted by atomic mass is 19.4. The van der Waals surface area contributed by atoms with Gasteiger partial charge in [0.05, 0.1) is 11.3 Å². The maximum absolute atomic E-state index is 12.8. The third-order valence-electron chi connectivity index (χ3n) is 2.51. The molecule has 0 aromatic carbocycles. The van der Waals surface area contributed by atoms with Gasteiger partial charge in [-0.2, -0.15) is 13.2 Å². The van der Waals surface area contributed by atoms with Gasteiger partial charge in [-0.15, -0.1) is 0 Å². The van der Waals surface area contributed by atoms with Gasteiger partial charge in [0, 0.05) is 25.1 Å². The molecule has 1 N–H and O–H groups in total. The normalized spacial score (nSPS) is 19.9. The number of nitrogens with zero attached hydrogens (tertiary/aromatic N) is 1. The fourth-order valence-electron chi connectivity index (χ4n) is 1.65. The molecule has 96 valence electrons. The highest BCUT2D eigenvalue weighted by molar-refractivity contribution is 5.73. The summed E-state index contributed by atoms with van der Waals surface area (Å²) in [5, 5.41) is 2.56. The van der Waals surface area contributed by atoms with Gasteiger partial charge in [-0.05, 0) is 18.2 Å². The van der Waals surface area contributed by atoms with Gasteiger partial charge < -0.3 is 10.1 Å². The van der Waals surface area contributed by atoms with Crippen molar-refractivity contribution >= 4 is 5.57 Å². The summed E-state index contributed by atoms with van der Waals surface area (Å²) in [6, 6.07) is 5.06. The maximum atomic E-state index is 12.8. The number of hydrogen-bond acceptors (Lipinski definition) is 3. The Hall–Kier alpha value is -1.82. The SMILES string of the molecule is COC1NC=C(c2ccccn2)C=C1C(F)(F)F. The van der Waals surface area contributed by atoms with E-state index in [4.69, 9.17) is 4.74 Å². The first-order chi connectivity index (χ1) is 8.52. The van der Waals surface area contributed by atoms with Crippen molar-refractivity contribution in [1.29, 1.82) is 0 Å². The van der Waals surface area contributed by atoms with Gasteiger partial charge in [-0.25, -0.2) is 0 Å². The number of hydrogen-bond donors (Lipinski definition) is 1. The van der Waals surface area contributed by atoms with Gasteiger partial charge in [-0.3, -0.25) is 4.98 Å². The Morgan fingerprint density at radius 1 is 1.33 bits per heavy atom. The lowest BCUT2D eigenvalue weighted by atomic mass is 10.0. The minimum Gasteiger partial charge on any atom is -0.362 e. The topological polar surface area (TPSA) is 34.1 Å². The smallest absolute Gasteiger partial charge is 0.362 e. The molecular weight excluding hydrogens is 245 g/mol. The number of aromatic nitrogens is 1. The van der Waals surface area contributed by atoms with Gasteiger partial charge in [0.2, 0.25) is 0 Å². The van der Waals surface area contributed by atoms with Crippen LogP contribution in [0.2, 0.25) is 0 Å². The monoisotopic (exact) mass is 256 g/mol. The molecule has 1 aliphatic heterocycles. The number of halogens is 3. The van der Waals surface area contributed by atoms with E-state index >= 15 is 0 Å². The van der Waals surface area contributed by atoms with E-state index in [9.17, 15) is 13.2 Å². The average molecular weight is 256 g/mol. The van der Waals surface area contributed by atoms with Crippen molar-refractivity contribution in [2.75, 3.05) is 7.11 Å². The molecule has 0 saturated carbocycles. The van der Waals surface area contributed by atoms with E-state index in [0.29, 0.717) is 11.3 Å². The minimum atomic E-state index is -4.44. The molecule has 2 rings (SSSR count). The Morgan fingerprint density at radius 2 is 2.11 bits per heavy atom. The molecule has 3 nitrogen and oxygen atoms in total. The molecule has 2 heterocycles. The highest BCUT2D eigenvalue weighted by Crippen LogP contribution is 2.33. The summed E-state index contributed by atoms with van der Waals surface area (Å²) in [5.74, 6) is 0. The zero-order valence-electron chi connectivity index (χ0n) is 9.53. The van der Waals surface area contributed by atoms with Crippen LogP contribution in [-0.2, 0) is 4.74 Å². The van der Waals surface area contributed by atoms with E-state index in [2.05, 4.69) is 10.3 Å². The van der Waals surface area contributed by atoms with Gasteiger partial charge in [0.1, 0.15) is 0 Å². The maximum Gasteiger partial charge on any atom is 0.417 e. The van der Waals surface area contributed by atoms with Crippen LogP contribution in [-0.4, -0.2) is 24.5 Å². The number of dihydropyridines is 1. The molecule has 6 heteroatoms. The molecule has 0 saturated heterocycles. The Labute approximate surface area is 102 Å². The van der Waals surface area contributed by atoms with Crippen molar-refractivity contribution in [3.05, 3.63) is 47.9 Å². The van der Waals surface area contributed by atoms with Crippen molar-refractivity contribution in [2.45, 2.75) is 12.4 Å². The second kappa shape index (κ2) is 4.81. The van der Waals surface area contributed by atoms with E-state index in [1.165, 1.54) is 19.5 Å². The van der Waals surface area contributed by atoms with E-state index < -0.39 is 18.0 Å². The van der Waals surface area contributed by atoms with Crippen LogP contribution in [0.1, 0.15) is 5.69 Å². The summed E-state index contributed by atoms with van der Waals surface area (Å²) in [7, 11) is 1.22. The summed E-state index contributed by atoms with van der Waals surface area (Å²) in [6.07, 6.45) is -1.59. The lowest BCUT2D eigenvalue weighted by molar-refractivity contribution is -0.110. The first kappa shape index (κ1) is 12.6. The van der Waals surface area contributed by atoms with Gasteiger partial charge >= 0.3 is 6.18 Å². The molecule has 0 radical (unpaired) electrons. The predicted molar refractivity (Wildman–Crippen MR) is 60.3 cm³/mol. The van der Waals surface area contributed by atoms with Gasteiger partial charge in [0.15, 0.2) is 6.23 Å². The van der Waals surface area contributed by atoms with Crippen LogP contribution in [0.3, 0.4) is 0 Å². The number of allylic oxidation sites excluding steroid dienone is 2. The highest BCUT2D eigenvalue weighted by Gasteiger charge is 2.40. The van der Waals surface area contributed by atoms with Crippen molar-refractivity contribution in [3.63, 3.8) is 0 Å². The van der Waals surface area contributed by atoms with E-state index in [1.54, 1.807) is 18.2 Å². The molecule has 0 spiro atoms. The van der Waals surface area contributed by atoms with E-state index in [0.717, 1.165) is 6.08 Å². The Balaban J connectivity index is 2.37. The van der Waals surface area contributed by atoms with Crippen molar-refractivity contribution in [2.24, 2.45) is 0 Å². The summed E-state index contributed by atoms with van der Waals surface area (Å²) in [5.41, 5.74) is 0.0747. The molecule has 1 aromatic rings. The summed E-state index contributed by atoms with van der Waals surface area (Å²) in [4.78, 5) is 4.01. The fraction of sp³-hybridized carbons (Fsp3) is 0.250. The average Bonchev–Trinajstić information content (AvgIpc) is 2.38. The van der Waals surface area contributed by atoms with Crippen LogP contribution >= 0.6 is 0 Å². The third kappa shape index (κ3) is 2.53. The lowest BCUT2D eigenvalue weighted by Gasteiger charge is -2.25. The molecule has 0 fully saturated rings. The number of ether oxygens (including phenoxy) is 1. The first-order valence-electron chi connectivity index (χ1n) is 5.21. The van der Waals surface area contributed by atoms with Crippen LogP contribution < -0.4 is 5.32 Å². The predicted octanol–water partition coefficient (Wildman–Crippen LogP) is 2.49. The molecule has 0 aliphatic carbocycles. The van der Waals surface area contributed by atoms with Gasteiger partial charge in [-0.1, -0.05) is 6.07 Å². The molecule has 1 aliphatic rings. The largest absolute Gasteiger partial charge is 0.417 e. The van der Waals surface area contributed by atoms with Crippen molar-refractivity contribution in [1.82, 2.24) is 10.3 Å². The second-order valence-electron chi connectivity index (χ2n) is 3.69. The standard InChI is InChI=1S/C12H11F3N2O/c1-18-11-9(12(13,14)15)6-8(7-17-11)10-4-2-3-5-16-10/h2-7,11,17H,1H3. The molecular formula is C12H11F3N2O. The second-order valence-corrected chi connectivity index (χ2v) is 3.69. The first-order valence-corrected chi connectivity index (χ1v) is 5.21. The minimum absolute atomic E-state index is 0.372. The number of rotatable bonds is 2. The van der Waals surface area contributed by atoms with Crippen LogP contribution in [0.4, 0.5) is 13.2 Å². The number of pyridine rings is 1. The quantitative estimate of drug-likeness (QED) is 0.882. The molecule has 1 unspecified atom stereocenters. The van der Waals surface area contributed by atoms with Crippen LogP contribution in [0.25, 0.3) is 5.57 Å². The number of nitrogens with one attached hydrogen (secondary N) is 1. The summed E-state index contributed by atoms with van der Waals surface area (Å²) < 4.78 is 43.2. The zero-order valence-corrected chi connectivity index (χ0v) is 9.53. The summed E-state index contributed by atoms with van der Waals surface area (Å²) >= 11 is 0. The summed E-state index contributed by atoms with van der Waals surface area (Å²) in [6.45, 7) is 0. The lowest BCUT2D eigenvalue weighted by Crippen LogP contribution is -2.37. The van der Waals surface area contributed by atoms with E-state index in [1.807, 2.05) is 0 Å². The van der Waals surface area contributed by atoms with Crippen LogP contribution in [0.5, 0.6) is 0 Å². The number of methoxy groups -OCH3 is 1. The fourth-order valence-corrected chi connectivity index (χ4v) is 1.65. The van der Waals surface area contributed by atoms with E-state index in [-0.39, 0.29) is 0 Å². The third-order valence-corrected chi connectivity index (χ3v) is 2.51.